The van der Waals surface area contributed by atoms with Crippen LogP contribution in [0.5, 0.6) is 0 Å². The van der Waals surface area contributed by atoms with Crippen LogP contribution < -0.4 is 5.73 Å². The molecule has 1 aromatic carbocycles. The molecule has 0 spiro atoms. The molecule has 0 saturated carbocycles. The number of rotatable bonds is 4. The van der Waals surface area contributed by atoms with Crippen LogP contribution in [0.4, 0.5) is 0 Å². The number of pyridine rings is 1. The summed E-state index contributed by atoms with van der Waals surface area (Å²) in [5.74, 6) is 0.427. The van der Waals surface area contributed by atoms with E-state index in [1.807, 2.05) is 31.3 Å². The van der Waals surface area contributed by atoms with Crippen molar-refractivity contribution in [1.82, 2.24) is 14.8 Å². The molecule has 2 N–H and O–H groups in total. The zero-order chi connectivity index (χ0) is 16.2. The van der Waals surface area contributed by atoms with Crippen LogP contribution in [0.25, 0.3) is 5.69 Å². The number of amidine groups is 1. The van der Waals surface area contributed by atoms with Crippen LogP contribution in [0.3, 0.4) is 0 Å². The van der Waals surface area contributed by atoms with Crippen molar-refractivity contribution in [3.8, 4) is 5.69 Å². The number of aryl methyl sites for hydroxylation is 2. The first-order valence-electron chi connectivity index (χ1n) is 7.46. The number of nitrogens with zero attached hydrogens (tertiary/aromatic N) is 4. The van der Waals surface area contributed by atoms with Gasteiger partial charge in [-0.25, -0.2) is 4.68 Å². The molecule has 0 aliphatic rings. The second-order valence-corrected chi connectivity index (χ2v) is 5.49. The smallest absolute Gasteiger partial charge is 0.145 e. The van der Waals surface area contributed by atoms with Crippen molar-refractivity contribution < 1.29 is 0 Å². The van der Waals surface area contributed by atoms with Crippen LogP contribution in [-0.4, -0.2) is 20.6 Å². The quantitative estimate of drug-likeness (QED) is 0.595. The molecular formula is C18H19N5. The molecule has 116 valence electrons. The van der Waals surface area contributed by atoms with Crippen molar-refractivity contribution in [2.75, 3.05) is 0 Å². The molecule has 0 bridgehead atoms. The summed E-state index contributed by atoms with van der Waals surface area (Å²) in [6.45, 7) is 4.56. The minimum atomic E-state index is 0.427. The molecule has 0 radical (unpaired) electrons. The van der Waals surface area contributed by atoms with Crippen LogP contribution >= 0.6 is 0 Å². The van der Waals surface area contributed by atoms with Crippen LogP contribution in [0.15, 0.2) is 59.9 Å². The van der Waals surface area contributed by atoms with E-state index in [0.717, 1.165) is 16.9 Å². The summed E-state index contributed by atoms with van der Waals surface area (Å²) in [7, 11) is 0. The maximum absolute atomic E-state index is 6.08. The predicted octanol–water partition coefficient (Wildman–Crippen LogP) is 2.79. The molecule has 0 fully saturated rings. The minimum Gasteiger partial charge on any atom is -0.382 e. The monoisotopic (exact) mass is 305 g/mol. The zero-order valence-corrected chi connectivity index (χ0v) is 13.3. The summed E-state index contributed by atoms with van der Waals surface area (Å²) in [5, 5.41) is 4.39. The Hall–Kier alpha value is -2.95. The van der Waals surface area contributed by atoms with Crippen LogP contribution in [0.2, 0.25) is 0 Å². The van der Waals surface area contributed by atoms with Gasteiger partial charge in [0.2, 0.25) is 0 Å². The lowest BCUT2D eigenvalue weighted by molar-refractivity contribution is 0.859. The van der Waals surface area contributed by atoms with Gasteiger partial charge in [-0.3, -0.25) is 9.98 Å². The molecule has 0 atom stereocenters. The van der Waals surface area contributed by atoms with E-state index in [-0.39, 0.29) is 0 Å². The van der Waals surface area contributed by atoms with Gasteiger partial charge >= 0.3 is 0 Å². The summed E-state index contributed by atoms with van der Waals surface area (Å²) in [6, 6.07) is 14.0. The van der Waals surface area contributed by atoms with Crippen molar-refractivity contribution in [3.05, 3.63) is 77.4 Å². The van der Waals surface area contributed by atoms with E-state index in [1.165, 1.54) is 5.56 Å². The molecule has 0 unspecified atom stereocenters. The Bertz CT molecular complexity index is 831. The summed E-state index contributed by atoms with van der Waals surface area (Å²) >= 11 is 0. The molecule has 2 aromatic heterocycles. The first kappa shape index (κ1) is 15.0. The van der Waals surface area contributed by atoms with Gasteiger partial charge in [-0.15, -0.1) is 0 Å². The van der Waals surface area contributed by atoms with Crippen molar-refractivity contribution in [2.24, 2.45) is 10.7 Å². The molecule has 5 heteroatoms. The fourth-order valence-corrected chi connectivity index (χ4v) is 2.21. The molecular weight excluding hydrogens is 286 g/mol. The third kappa shape index (κ3) is 3.63. The number of aromatic nitrogens is 3. The van der Waals surface area contributed by atoms with Gasteiger partial charge in [0.25, 0.3) is 0 Å². The highest BCUT2D eigenvalue weighted by Gasteiger charge is 2.04. The Morgan fingerprint density at radius 1 is 1.13 bits per heavy atom. The summed E-state index contributed by atoms with van der Waals surface area (Å²) in [5.41, 5.74) is 11.0. The van der Waals surface area contributed by atoms with E-state index in [1.54, 1.807) is 10.9 Å². The fourth-order valence-electron chi connectivity index (χ4n) is 2.21. The van der Waals surface area contributed by atoms with E-state index in [0.29, 0.717) is 18.1 Å². The molecule has 23 heavy (non-hydrogen) atoms. The number of hydrogen-bond acceptors (Lipinski definition) is 3. The van der Waals surface area contributed by atoms with Gasteiger partial charge in [0.05, 0.1) is 17.9 Å². The summed E-state index contributed by atoms with van der Waals surface area (Å²) in [6.07, 6.45) is 3.63. The number of aliphatic imine (C=N–C) groups is 1. The fraction of sp³-hybridized carbons (Fsp3) is 0.167. The lowest BCUT2D eigenvalue weighted by Gasteiger charge is -2.05. The zero-order valence-electron chi connectivity index (χ0n) is 13.3. The minimum absolute atomic E-state index is 0.427. The van der Waals surface area contributed by atoms with E-state index in [4.69, 9.17) is 5.73 Å². The number of benzene rings is 1. The normalized spacial score (nSPS) is 11.7. The van der Waals surface area contributed by atoms with Crippen LogP contribution in [-0.2, 0) is 6.54 Å². The Morgan fingerprint density at radius 3 is 2.61 bits per heavy atom. The van der Waals surface area contributed by atoms with E-state index >= 15 is 0 Å². The van der Waals surface area contributed by atoms with Gasteiger partial charge in [-0.1, -0.05) is 29.8 Å². The van der Waals surface area contributed by atoms with E-state index < -0.39 is 0 Å². The lowest BCUT2D eigenvalue weighted by atomic mass is 10.1. The molecule has 0 saturated heterocycles. The Labute approximate surface area is 135 Å². The lowest BCUT2D eigenvalue weighted by Crippen LogP contribution is -2.16. The SMILES string of the molecule is Cc1ccc(CN=C(N)c2cc(-n3ccc(C)n3)ccn2)cc1. The van der Waals surface area contributed by atoms with E-state index in [2.05, 4.69) is 46.3 Å². The molecule has 2 heterocycles. The van der Waals surface area contributed by atoms with Crippen molar-refractivity contribution in [1.29, 1.82) is 0 Å². The van der Waals surface area contributed by atoms with Gasteiger partial charge in [0, 0.05) is 12.4 Å². The molecule has 0 aliphatic carbocycles. The van der Waals surface area contributed by atoms with Gasteiger partial charge in [0.1, 0.15) is 11.5 Å². The highest BCUT2D eigenvalue weighted by molar-refractivity contribution is 5.96. The van der Waals surface area contributed by atoms with Crippen LogP contribution in [0, 0.1) is 13.8 Å². The third-order valence-electron chi connectivity index (χ3n) is 3.55. The molecule has 3 aromatic rings. The average molecular weight is 305 g/mol. The first-order chi connectivity index (χ1) is 11.1. The Kier molecular flexibility index (Phi) is 4.19. The first-order valence-corrected chi connectivity index (χ1v) is 7.46. The molecule has 0 aliphatic heterocycles. The number of hydrogen-bond donors (Lipinski definition) is 1. The van der Waals surface area contributed by atoms with Gasteiger partial charge in [-0.05, 0) is 37.6 Å². The average Bonchev–Trinajstić information content (AvgIpc) is 3.01. The van der Waals surface area contributed by atoms with Gasteiger partial charge < -0.3 is 5.73 Å². The topological polar surface area (TPSA) is 69.1 Å². The summed E-state index contributed by atoms with van der Waals surface area (Å²) < 4.78 is 1.80. The maximum Gasteiger partial charge on any atom is 0.145 e. The van der Waals surface area contributed by atoms with Gasteiger partial charge in [-0.2, -0.15) is 5.10 Å². The number of nitrogens with two attached hydrogens (primary N) is 1. The van der Waals surface area contributed by atoms with Gasteiger partial charge in [0.15, 0.2) is 0 Å². The largest absolute Gasteiger partial charge is 0.382 e. The maximum atomic E-state index is 6.08. The summed E-state index contributed by atoms with van der Waals surface area (Å²) in [4.78, 5) is 8.74. The highest BCUT2D eigenvalue weighted by Crippen LogP contribution is 2.09. The molecule has 3 rings (SSSR count). The second-order valence-electron chi connectivity index (χ2n) is 5.49. The second kappa shape index (κ2) is 6.44. The predicted molar refractivity (Wildman–Crippen MR) is 91.7 cm³/mol. The Balaban J connectivity index is 1.80. The van der Waals surface area contributed by atoms with Crippen molar-refractivity contribution in [3.63, 3.8) is 0 Å². The molecule has 0 amide bonds. The standard InChI is InChI=1S/C18H19N5/c1-13-3-5-15(6-4-13)12-21-18(19)17-11-16(7-9-20-17)23-10-8-14(2)22-23/h3-11H,12H2,1-2H3,(H2,19,21). The van der Waals surface area contributed by atoms with Crippen molar-refractivity contribution >= 4 is 5.84 Å². The third-order valence-corrected chi connectivity index (χ3v) is 3.55. The van der Waals surface area contributed by atoms with Crippen LogP contribution in [0.1, 0.15) is 22.5 Å². The molecule has 5 nitrogen and oxygen atoms in total. The Morgan fingerprint density at radius 2 is 1.91 bits per heavy atom. The van der Waals surface area contributed by atoms with Crippen molar-refractivity contribution in [2.45, 2.75) is 20.4 Å². The highest BCUT2D eigenvalue weighted by atomic mass is 15.3. The van der Waals surface area contributed by atoms with E-state index in [9.17, 15) is 0 Å².